The Labute approximate surface area is 76.2 Å². The summed E-state index contributed by atoms with van der Waals surface area (Å²) in [5.41, 5.74) is 0. The van der Waals surface area contributed by atoms with E-state index in [1.165, 1.54) is 0 Å². The molecule has 0 bridgehead atoms. The van der Waals surface area contributed by atoms with E-state index in [4.69, 9.17) is 5.11 Å². The summed E-state index contributed by atoms with van der Waals surface area (Å²) < 4.78 is 0. The molecule has 0 aromatic heterocycles. The van der Waals surface area contributed by atoms with Crippen molar-refractivity contribution < 1.29 is 20.1 Å². The molecule has 0 fully saturated rings. The van der Waals surface area contributed by atoms with Crippen LogP contribution in [0.25, 0.3) is 0 Å². The van der Waals surface area contributed by atoms with Crippen molar-refractivity contribution in [2.45, 2.75) is 32.5 Å². The van der Waals surface area contributed by atoms with Gasteiger partial charge in [0, 0.05) is 0 Å². The fourth-order valence-corrected chi connectivity index (χ4v) is 0.888. The molecule has 0 aromatic carbocycles. The van der Waals surface area contributed by atoms with Crippen molar-refractivity contribution in [3.63, 3.8) is 0 Å². The van der Waals surface area contributed by atoms with Crippen molar-refractivity contribution in [3.8, 4) is 0 Å². The second-order valence-electron chi connectivity index (χ2n) is 3.28. The first kappa shape index (κ1) is 12.1. The summed E-state index contributed by atoms with van der Waals surface area (Å²) in [6.45, 7) is 3.27. The van der Waals surface area contributed by atoms with E-state index in [1.807, 2.05) is 13.8 Å². The number of aliphatic hydroxyl groups is 2. The Morgan fingerprint density at radius 2 is 1.92 bits per heavy atom. The van der Waals surface area contributed by atoms with Gasteiger partial charge in [0.15, 0.2) is 0 Å². The van der Waals surface area contributed by atoms with Gasteiger partial charge in [0.1, 0.15) is 12.7 Å². The van der Waals surface area contributed by atoms with E-state index in [0.29, 0.717) is 6.42 Å². The Morgan fingerprint density at radius 3 is 2.31 bits per heavy atom. The van der Waals surface area contributed by atoms with Crippen molar-refractivity contribution in [2.24, 2.45) is 5.92 Å². The van der Waals surface area contributed by atoms with Crippen molar-refractivity contribution in [1.82, 2.24) is 0 Å². The van der Waals surface area contributed by atoms with Gasteiger partial charge in [0.2, 0.25) is 0 Å². The highest BCUT2D eigenvalue weighted by Gasteiger charge is 2.18. The predicted molar refractivity (Wildman–Crippen MR) is 44.4 cm³/mol. The number of hydrogen-bond donors (Lipinski definition) is 2. The lowest BCUT2D eigenvalue weighted by molar-refractivity contribution is -0.759. The molecule has 0 aliphatic heterocycles. The van der Waals surface area contributed by atoms with Crippen molar-refractivity contribution in [2.75, 3.05) is 6.61 Å². The lowest BCUT2D eigenvalue weighted by Gasteiger charge is -2.18. The summed E-state index contributed by atoms with van der Waals surface area (Å²) >= 11 is 0. The van der Waals surface area contributed by atoms with Crippen LogP contribution in [0.5, 0.6) is 0 Å². The van der Waals surface area contributed by atoms with Crippen molar-refractivity contribution in [1.29, 1.82) is 0 Å². The van der Waals surface area contributed by atoms with E-state index in [-0.39, 0.29) is 5.92 Å². The zero-order valence-electron chi connectivity index (χ0n) is 7.71. The molecule has 13 heavy (non-hydrogen) atoms. The zero-order valence-corrected chi connectivity index (χ0v) is 7.71. The molecule has 0 spiro atoms. The number of nitrogens with zero attached hydrogens (tertiary/aromatic N) is 1. The smallest absolute Gasteiger partial charge is 0.294 e. The molecule has 2 N–H and O–H groups in total. The molecule has 0 amide bonds. The van der Waals surface area contributed by atoms with Gasteiger partial charge in [-0.1, -0.05) is 13.8 Å². The van der Waals surface area contributed by atoms with Crippen LogP contribution in [0.1, 0.15) is 20.3 Å². The summed E-state index contributed by atoms with van der Waals surface area (Å²) in [5, 5.41) is 27.1. The maximum Gasteiger partial charge on any atom is 0.294 e. The summed E-state index contributed by atoms with van der Waals surface area (Å²) in [6, 6.07) is 0. The third-order valence-corrected chi connectivity index (χ3v) is 1.51. The summed E-state index contributed by atoms with van der Waals surface area (Å²) in [6.07, 6.45) is -1.78. The second kappa shape index (κ2) is 5.71. The maximum atomic E-state index is 9.74. The standard InChI is InChI=1S/C7H15NO5/c1-5(2)3-6(9)7(10)4-13-8(11)12/h5-7,9-10H,3-4H2,1-2H3. The predicted octanol–water partition coefficient (Wildman–Crippen LogP) is -0.0374. The zero-order chi connectivity index (χ0) is 10.4. The van der Waals surface area contributed by atoms with Gasteiger partial charge >= 0.3 is 0 Å². The van der Waals surface area contributed by atoms with Gasteiger partial charge in [-0.3, -0.25) is 0 Å². The van der Waals surface area contributed by atoms with E-state index in [0.717, 1.165) is 0 Å². The fraction of sp³-hybridized carbons (Fsp3) is 1.00. The van der Waals surface area contributed by atoms with Crippen LogP contribution in [0.2, 0.25) is 0 Å². The molecule has 0 rings (SSSR count). The highest BCUT2D eigenvalue weighted by molar-refractivity contribution is 4.67. The van der Waals surface area contributed by atoms with E-state index < -0.39 is 23.9 Å². The maximum absolute atomic E-state index is 9.74. The minimum absolute atomic E-state index is 0.222. The van der Waals surface area contributed by atoms with Gasteiger partial charge in [-0.05, 0) is 12.3 Å². The molecule has 6 nitrogen and oxygen atoms in total. The summed E-state index contributed by atoms with van der Waals surface area (Å²) in [7, 11) is 0. The Hall–Kier alpha value is -0.880. The van der Waals surface area contributed by atoms with Crippen LogP contribution in [0.15, 0.2) is 0 Å². The highest BCUT2D eigenvalue weighted by Crippen LogP contribution is 2.08. The first-order valence-corrected chi connectivity index (χ1v) is 4.07. The molecule has 0 heterocycles. The van der Waals surface area contributed by atoms with Crippen LogP contribution in [0.4, 0.5) is 0 Å². The molecule has 0 radical (unpaired) electrons. The molecule has 0 saturated carbocycles. The van der Waals surface area contributed by atoms with Gasteiger partial charge in [-0.25, -0.2) is 0 Å². The van der Waals surface area contributed by atoms with Gasteiger partial charge in [-0.15, -0.1) is 10.1 Å². The average Bonchev–Trinajstić information content (AvgIpc) is 1.98. The Morgan fingerprint density at radius 1 is 1.38 bits per heavy atom. The molecule has 0 aliphatic carbocycles. The second-order valence-corrected chi connectivity index (χ2v) is 3.28. The largest absolute Gasteiger partial charge is 0.390 e. The SMILES string of the molecule is CC(C)CC(O)C(O)CO[N+](=O)[O-]. The van der Waals surface area contributed by atoms with Crippen LogP contribution < -0.4 is 0 Å². The molecule has 0 aliphatic rings. The average molecular weight is 193 g/mol. The first-order valence-electron chi connectivity index (χ1n) is 4.07. The lowest BCUT2D eigenvalue weighted by Crippen LogP contribution is -2.32. The molecule has 78 valence electrons. The normalized spacial score (nSPS) is 15.5. The van der Waals surface area contributed by atoms with Crippen LogP contribution >= 0.6 is 0 Å². The first-order chi connectivity index (χ1) is 5.93. The van der Waals surface area contributed by atoms with Crippen molar-refractivity contribution in [3.05, 3.63) is 10.1 Å². The van der Waals surface area contributed by atoms with Crippen molar-refractivity contribution >= 4 is 0 Å². The molecular weight excluding hydrogens is 178 g/mol. The number of hydrogen-bond acceptors (Lipinski definition) is 5. The fourth-order valence-electron chi connectivity index (χ4n) is 0.888. The number of aliphatic hydroxyl groups excluding tert-OH is 2. The Kier molecular flexibility index (Phi) is 5.33. The van der Waals surface area contributed by atoms with Gasteiger partial charge in [0.25, 0.3) is 5.09 Å². The summed E-state index contributed by atoms with van der Waals surface area (Å²) in [5.74, 6) is 0.222. The third-order valence-electron chi connectivity index (χ3n) is 1.51. The van der Waals surface area contributed by atoms with E-state index >= 15 is 0 Å². The topological polar surface area (TPSA) is 92.8 Å². The van der Waals surface area contributed by atoms with Gasteiger partial charge < -0.3 is 15.1 Å². The summed E-state index contributed by atoms with van der Waals surface area (Å²) in [4.78, 5) is 13.7. The van der Waals surface area contributed by atoms with Gasteiger partial charge in [-0.2, -0.15) is 0 Å². The van der Waals surface area contributed by atoms with E-state index in [9.17, 15) is 15.2 Å². The van der Waals surface area contributed by atoms with Crippen LogP contribution in [-0.4, -0.2) is 34.1 Å². The monoisotopic (exact) mass is 193 g/mol. The molecular formula is C7H15NO5. The van der Waals surface area contributed by atoms with Gasteiger partial charge in [0.05, 0.1) is 6.10 Å². The minimum atomic E-state index is -1.20. The third kappa shape index (κ3) is 6.30. The molecule has 0 aromatic rings. The minimum Gasteiger partial charge on any atom is -0.390 e. The van der Waals surface area contributed by atoms with E-state index in [2.05, 4.69) is 4.84 Å². The molecule has 2 unspecified atom stereocenters. The Bertz CT molecular complexity index is 161. The lowest BCUT2D eigenvalue weighted by atomic mass is 10.0. The number of rotatable bonds is 6. The van der Waals surface area contributed by atoms with Crippen LogP contribution in [0.3, 0.4) is 0 Å². The highest BCUT2D eigenvalue weighted by atomic mass is 17.0. The van der Waals surface area contributed by atoms with Crippen LogP contribution in [0, 0.1) is 16.0 Å². The quantitative estimate of drug-likeness (QED) is 0.456. The molecule has 6 heteroatoms. The van der Waals surface area contributed by atoms with E-state index in [1.54, 1.807) is 0 Å². The van der Waals surface area contributed by atoms with Crippen LogP contribution in [-0.2, 0) is 4.84 Å². The molecule has 0 saturated heterocycles. The Balaban J connectivity index is 3.68. The molecule has 2 atom stereocenters.